The van der Waals surface area contributed by atoms with E-state index < -0.39 is 34.6 Å². The van der Waals surface area contributed by atoms with E-state index in [2.05, 4.69) is 4.99 Å². The second kappa shape index (κ2) is 5.05. The van der Waals surface area contributed by atoms with E-state index in [1.54, 1.807) is 6.92 Å². The third-order valence-corrected chi connectivity index (χ3v) is 1.82. The summed E-state index contributed by atoms with van der Waals surface area (Å²) in [6.07, 6.45) is 1.26. The van der Waals surface area contributed by atoms with E-state index in [0.717, 1.165) is 0 Å². The Morgan fingerprint density at radius 2 is 1.31 bits per heavy atom. The minimum absolute atomic E-state index is 0.249. The van der Waals surface area contributed by atoms with E-state index in [4.69, 9.17) is 0 Å². The molecule has 1 rings (SSSR count). The highest BCUT2D eigenvalue weighted by Crippen LogP contribution is 2.21. The number of rotatable bonds is 3. The zero-order chi connectivity index (χ0) is 12.3. The highest BCUT2D eigenvalue weighted by molar-refractivity contribution is 5.80. The smallest absolute Gasteiger partial charge is 0.200 e. The maximum Gasteiger partial charge on any atom is 0.200 e. The number of nitrogens with zero attached hydrogens (tertiary/aromatic N) is 1. The minimum atomic E-state index is -2.16. The van der Waals surface area contributed by atoms with Crippen LogP contribution in [-0.2, 0) is 0 Å². The normalized spacial score (nSPS) is 11.4. The molecule has 0 unspecified atom stereocenters. The summed E-state index contributed by atoms with van der Waals surface area (Å²) in [5.74, 6) is -9.82. The van der Waals surface area contributed by atoms with Crippen LogP contribution in [0, 0.1) is 29.1 Å². The molecule has 0 atom stereocenters. The highest BCUT2D eigenvalue weighted by atomic mass is 19.2. The maximum atomic E-state index is 13.0. The molecule has 6 heteroatoms. The van der Waals surface area contributed by atoms with Gasteiger partial charge in [-0.25, -0.2) is 22.0 Å². The van der Waals surface area contributed by atoms with E-state index in [1.807, 2.05) is 0 Å². The lowest BCUT2D eigenvalue weighted by atomic mass is 10.2. The second-order valence-electron chi connectivity index (χ2n) is 3.02. The molecular formula is C10H8F5N. The topological polar surface area (TPSA) is 12.4 Å². The lowest BCUT2D eigenvalue weighted by molar-refractivity contribution is 0.377. The Balaban J connectivity index is 3.29. The summed E-state index contributed by atoms with van der Waals surface area (Å²) in [5.41, 5.74) is -1.01. The van der Waals surface area contributed by atoms with Crippen molar-refractivity contribution < 1.29 is 22.0 Å². The Hall–Kier alpha value is -1.46. The van der Waals surface area contributed by atoms with Gasteiger partial charge in [0.25, 0.3) is 0 Å². The Kier molecular flexibility index (Phi) is 3.98. The van der Waals surface area contributed by atoms with Crippen molar-refractivity contribution in [2.24, 2.45) is 4.99 Å². The molecule has 88 valence electrons. The number of halogens is 5. The highest BCUT2D eigenvalue weighted by Gasteiger charge is 2.24. The van der Waals surface area contributed by atoms with Crippen LogP contribution in [-0.4, -0.2) is 12.8 Å². The molecule has 0 saturated carbocycles. The Bertz CT molecular complexity index is 399. The first-order valence-electron chi connectivity index (χ1n) is 4.52. The molecule has 0 aromatic heterocycles. The molecule has 0 radical (unpaired) electrons. The first-order valence-corrected chi connectivity index (χ1v) is 4.52. The van der Waals surface area contributed by atoms with Crippen LogP contribution in [0.1, 0.15) is 18.9 Å². The quantitative estimate of drug-likeness (QED) is 0.331. The van der Waals surface area contributed by atoms with Gasteiger partial charge < -0.3 is 0 Å². The molecule has 0 fully saturated rings. The summed E-state index contributed by atoms with van der Waals surface area (Å²) >= 11 is 0. The largest absolute Gasteiger partial charge is 0.292 e. The lowest BCUT2D eigenvalue weighted by Gasteiger charge is -2.03. The molecule has 0 heterocycles. The summed E-state index contributed by atoms with van der Waals surface area (Å²) in [4.78, 5) is 3.53. The fraction of sp³-hybridized carbons (Fsp3) is 0.300. The van der Waals surface area contributed by atoms with Crippen molar-refractivity contribution in [3.8, 4) is 0 Å². The fourth-order valence-corrected chi connectivity index (χ4v) is 1.02. The third kappa shape index (κ3) is 2.20. The Morgan fingerprint density at radius 3 is 1.75 bits per heavy atom. The second-order valence-corrected chi connectivity index (χ2v) is 3.02. The zero-order valence-corrected chi connectivity index (χ0v) is 8.33. The molecular weight excluding hydrogens is 229 g/mol. The number of hydrogen-bond donors (Lipinski definition) is 0. The average molecular weight is 237 g/mol. The Morgan fingerprint density at radius 1 is 0.875 bits per heavy atom. The van der Waals surface area contributed by atoms with Crippen LogP contribution in [0.4, 0.5) is 22.0 Å². The van der Waals surface area contributed by atoms with E-state index in [0.29, 0.717) is 12.6 Å². The van der Waals surface area contributed by atoms with Gasteiger partial charge in [-0.3, -0.25) is 4.99 Å². The zero-order valence-electron chi connectivity index (χ0n) is 8.33. The van der Waals surface area contributed by atoms with Crippen molar-refractivity contribution in [1.82, 2.24) is 0 Å². The summed E-state index contributed by atoms with van der Waals surface area (Å²) in [6.45, 7) is 2.01. The predicted molar refractivity (Wildman–Crippen MR) is 49.0 cm³/mol. The van der Waals surface area contributed by atoms with Crippen LogP contribution >= 0.6 is 0 Å². The van der Waals surface area contributed by atoms with Crippen molar-refractivity contribution in [2.75, 3.05) is 6.54 Å². The lowest BCUT2D eigenvalue weighted by Crippen LogP contribution is -2.06. The molecule has 0 amide bonds. The molecule has 1 nitrogen and oxygen atoms in total. The van der Waals surface area contributed by atoms with Crippen molar-refractivity contribution in [3.05, 3.63) is 34.6 Å². The first-order chi connectivity index (χ1) is 7.50. The van der Waals surface area contributed by atoms with E-state index in [-0.39, 0.29) is 6.54 Å². The van der Waals surface area contributed by atoms with Crippen LogP contribution in [0.5, 0.6) is 0 Å². The third-order valence-electron chi connectivity index (χ3n) is 1.82. The molecule has 0 saturated heterocycles. The van der Waals surface area contributed by atoms with Crippen molar-refractivity contribution in [1.29, 1.82) is 0 Å². The molecule has 0 bridgehead atoms. The maximum absolute atomic E-state index is 13.0. The average Bonchev–Trinajstić information content (AvgIpc) is 2.28. The predicted octanol–water partition coefficient (Wildman–Crippen LogP) is 3.21. The molecule has 1 aromatic carbocycles. The molecule has 1 aromatic rings. The SMILES string of the molecule is CCCN=Cc1c(F)c(F)c(F)c(F)c1F. The molecule has 0 spiro atoms. The monoisotopic (exact) mass is 237 g/mol. The van der Waals surface area contributed by atoms with Crippen LogP contribution in [0.2, 0.25) is 0 Å². The molecule has 0 aliphatic carbocycles. The van der Waals surface area contributed by atoms with E-state index in [9.17, 15) is 22.0 Å². The van der Waals surface area contributed by atoms with Gasteiger partial charge in [0.15, 0.2) is 23.3 Å². The summed E-state index contributed by atoms with van der Waals surface area (Å²) < 4.78 is 64.0. The van der Waals surface area contributed by atoms with Crippen molar-refractivity contribution >= 4 is 6.21 Å². The van der Waals surface area contributed by atoms with Crippen LogP contribution in [0.15, 0.2) is 4.99 Å². The van der Waals surface area contributed by atoms with Crippen molar-refractivity contribution in [3.63, 3.8) is 0 Å². The van der Waals surface area contributed by atoms with Crippen LogP contribution in [0.3, 0.4) is 0 Å². The van der Waals surface area contributed by atoms with Gasteiger partial charge in [0.1, 0.15) is 0 Å². The fourth-order valence-electron chi connectivity index (χ4n) is 1.02. The summed E-state index contributed by atoms with van der Waals surface area (Å²) in [6, 6.07) is 0. The standard InChI is InChI=1S/C10H8F5N/c1-2-3-16-4-5-6(11)8(13)10(15)9(14)7(5)12/h4H,2-3H2,1H3. The molecule has 0 N–H and O–H groups in total. The van der Waals surface area contributed by atoms with Gasteiger partial charge >= 0.3 is 0 Å². The number of benzene rings is 1. The van der Waals surface area contributed by atoms with Crippen molar-refractivity contribution in [2.45, 2.75) is 13.3 Å². The molecule has 0 aliphatic heterocycles. The summed E-state index contributed by atoms with van der Waals surface area (Å²) in [5, 5.41) is 0. The number of aliphatic imine (C=N–C) groups is 1. The van der Waals surface area contributed by atoms with Gasteiger partial charge in [0, 0.05) is 12.8 Å². The molecule has 0 aliphatic rings. The van der Waals surface area contributed by atoms with E-state index in [1.165, 1.54) is 0 Å². The Labute approximate surface area is 88.6 Å². The molecule has 16 heavy (non-hydrogen) atoms. The van der Waals surface area contributed by atoms with E-state index >= 15 is 0 Å². The van der Waals surface area contributed by atoms with Crippen LogP contribution < -0.4 is 0 Å². The first kappa shape index (κ1) is 12.6. The van der Waals surface area contributed by atoms with Gasteiger partial charge in [0.05, 0.1) is 5.56 Å². The number of hydrogen-bond acceptors (Lipinski definition) is 1. The van der Waals surface area contributed by atoms with Gasteiger partial charge in [0.2, 0.25) is 5.82 Å². The van der Waals surface area contributed by atoms with Gasteiger partial charge in [-0.1, -0.05) is 6.92 Å². The van der Waals surface area contributed by atoms with Gasteiger partial charge in [-0.05, 0) is 6.42 Å². The van der Waals surface area contributed by atoms with Crippen LogP contribution in [0.25, 0.3) is 0 Å². The van der Waals surface area contributed by atoms with Gasteiger partial charge in [-0.2, -0.15) is 0 Å². The van der Waals surface area contributed by atoms with Gasteiger partial charge in [-0.15, -0.1) is 0 Å². The minimum Gasteiger partial charge on any atom is -0.292 e. The summed E-state index contributed by atoms with van der Waals surface area (Å²) in [7, 11) is 0.